The first-order chi connectivity index (χ1) is 9.72. The Kier molecular flexibility index (Phi) is 3.18. The summed E-state index contributed by atoms with van der Waals surface area (Å²) in [7, 11) is 3.26. The van der Waals surface area contributed by atoms with Crippen LogP contribution in [0.4, 0.5) is 5.82 Å². The molecule has 0 spiro atoms. The van der Waals surface area contributed by atoms with E-state index in [0.717, 1.165) is 29.9 Å². The fraction of sp³-hybridized carbons (Fsp3) is 0.333. The van der Waals surface area contributed by atoms with Gasteiger partial charge in [-0.15, -0.1) is 0 Å². The van der Waals surface area contributed by atoms with Crippen molar-refractivity contribution in [1.82, 2.24) is 9.97 Å². The average molecular weight is 271 g/mol. The van der Waals surface area contributed by atoms with Gasteiger partial charge in [-0.1, -0.05) is 6.07 Å². The number of nitrogen functional groups attached to an aromatic ring is 1. The Labute approximate surface area is 117 Å². The van der Waals surface area contributed by atoms with Crippen LogP contribution in [0.3, 0.4) is 0 Å². The summed E-state index contributed by atoms with van der Waals surface area (Å²) in [6.07, 6.45) is 2.26. The van der Waals surface area contributed by atoms with Gasteiger partial charge in [0.25, 0.3) is 0 Å². The minimum atomic E-state index is 0.443. The van der Waals surface area contributed by atoms with Crippen molar-refractivity contribution in [3.63, 3.8) is 0 Å². The van der Waals surface area contributed by atoms with Gasteiger partial charge >= 0.3 is 0 Å². The minimum absolute atomic E-state index is 0.443. The SMILES string of the molecule is COc1cccc(OC)c1-c1cc(N)nc(C2CC2)n1. The molecule has 1 aromatic heterocycles. The van der Waals surface area contributed by atoms with E-state index in [1.807, 2.05) is 18.2 Å². The number of hydrogen-bond acceptors (Lipinski definition) is 5. The van der Waals surface area contributed by atoms with Gasteiger partial charge in [-0.3, -0.25) is 0 Å². The van der Waals surface area contributed by atoms with E-state index < -0.39 is 0 Å². The lowest BCUT2D eigenvalue weighted by Gasteiger charge is -2.13. The van der Waals surface area contributed by atoms with Crippen LogP contribution in [-0.2, 0) is 0 Å². The molecular formula is C15H17N3O2. The molecule has 2 aromatic rings. The fourth-order valence-corrected chi connectivity index (χ4v) is 2.24. The molecule has 0 amide bonds. The molecule has 1 aliphatic carbocycles. The van der Waals surface area contributed by atoms with Gasteiger partial charge in [0, 0.05) is 12.0 Å². The van der Waals surface area contributed by atoms with Crippen LogP contribution >= 0.6 is 0 Å². The molecule has 0 aliphatic heterocycles. The Hall–Kier alpha value is -2.30. The average Bonchev–Trinajstić information content (AvgIpc) is 3.30. The highest BCUT2D eigenvalue weighted by molar-refractivity contribution is 5.75. The van der Waals surface area contributed by atoms with Crippen LogP contribution < -0.4 is 15.2 Å². The molecule has 1 saturated carbocycles. The maximum Gasteiger partial charge on any atom is 0.134 e. The van der Waals surface area contributed by atoms with Crippen LogP contribution in [0.1, 0.15) is 24.6 Å². The smallest absolute Gasteiger partial charge is 0.134 e. The third kappa shape index (κ3) is 2.27. The molecule has 0 bridgehead atoms. The fourth-order valence-electron chi connectivity index (χ4n) is 2.24. The molecule has 20 heavy (non-hydrogen) atoms. The largest absolute Gasteiger partial charge is 0.496 e. The van der Waals surface area contributed by atoms with Gasteiger partial charge in [-0.25, -0.2) is 9.97 Å². The number of methoxy groups -OCH3 is 2. The molecule has 1 heterocycles. The van der Waals surface area contributed by atoms with E-state index in [9.17, 15) is 0 Å². The quantitative estimate of drug-likeness (QED) is 0.925. The third-order valence-electron chi connectivity index (χ3n) is 3.39. The van der Waals surface area contributed by atoms with Crippen LogP contribution in [0, 0.1) is 0 Å². The van der Waals surface area contributed by atoms with Crippen LogP contribution in [0.15, 0.2) is 24.3 Å². The maximum atomic E-state index is 5.91. The topological polar surface area (TPSA) is 70.3 Å². The van der Waals surface area contributed by atoms with E-state index in [0.29, 0.717) is 23.2 Å². The molecule has 0 unspecified atom stereocenters. The molecule has 1 aliphatic rings. The monoisotopic (exact) mass is 271 g/mol. The highest BCUT2D eigenvalue weighted by Gasteiger charge is 2.28. The van der Waals surface area contributed by atoms with Crippen molar-refractivity contribution in [3.8, 4) is 22.8 Å². The molecular weight excluding hydrogens is 254 g/mol. The van der Waals surface area contributed by atoms with Crippen LogP contribution in [0.2, 0.25) is 0 Å². The first-order valence-corrected chi connectivity index (χ1v) is 6.58. The van der Waals surface area contributed by atoms with E-state index in [-0.39, 0.29) is 0 Å². The lowest BCUT2D eigenvalue weighted by atomic mass is 10.1. The second-order valence-corrected chi connectivity index (χ2v) is 4.85. The number of nitrogens with zero attached hydrogens (tertiary/aromatic N) is 2. The van der Waals surface area contributed by atoms with E-state index in [1.54, 1.807) is 20.3 Å². The first-order valence-electron chi connectivity index (χ1n) is 6.58. The molecule has 0 saturated heterocycles. The van der Waals surface area contributed by atoms with E-state index in [1.165, 1.54) is 0 Å². The molecule has 3 rings (SSSR count). The van der Waals surface area contributed by atoms with Gasteiger partial charge in [0.05, 0.1) is 25.5 Å². The Morgan fingerprint density at radius 2 is 1.75 bits per heavy atom. The van der Waals surface area contributed by atoms with Crippen molar-refractivity contribution in [1.29, 1.82) is 0 Å². The summed E-state index contributed by atoms with van der Waals surface area (Å²) in [5.41, 5.74) is 7.47. The number of ether oxygens (including phenoxy) is 2. The summed E-state index contributed by atoms with van der Waals surface area (Å²) in [4.78, 5) is 8.95. The minimum Gasteiger partial charge on any atom is -0.496 e. The summed E-state index contributed by atoms with van der Waals surface area (Å²) in [6, 6.07) is 7.40. The third-order valence-corrected chi connectivity index (χ3v) is 3.39. The molecule has 0 atom stereocenters. The highest BCUT2D eigenvalue weighted by atomic mass is 16.5. The molecule has 104 valence electrons. The number of benzene rings is 1. The Morgan fingerprint density at radius 1 is 1.10 bits per heavy atom. The van der Waals surface area contributed by atoms with E-state index in [2.05, 4.69) is 9.97 Å². The van der Waals surface area contributed by atoms with Crippen molar-refractivity contribution < 1.29 is 9.47 Å². The summed E-state index contributed by atoms with van der Waals surface area (Å²) in [5, 5.41) is 0. The van der Waals surface area contributed by atoms with Crippen molar-refractivity contribution in [2.45, 2.75) is 18.8 Å². The Bertz CT molecular complexity index is 617. The van der Waals surface area contributed by atoms with Crippen LogP contribution in [0.25, 0.3) is 11.3 Å². The summed E-state index contributed by atoms with van der Waals surface area (Å²) in [5.74, 6) is 3.16. The number of nitrogens with two attached hydrogens (primary N) is 1. The zero-order chi connectivity index (χ0) is 14.1. The van der Waals surface area contributed by atoms with E-state index >= 15 is 0 Å². The van der Waals surface area contributed by atoms with E-state index in [4.69, 9.17) is 15.2 Å². The molecule has 5 nitrogen and oxygen atoms in total. The number of hydrogen-bond donors (Lipinski definition) is 1. The normalized spacial score (nSPS) is 14.1. The number of rotatable bonds is 4. The van der Waals surface area contributed by atoms with Crippen LogP contribution in [0.5, 0.6) is 11.5 Å². The molecule has 1 fully saturated rings. The predicted molar refractivity (Wildman–Crippen MR) is 77.0 cm³/mol. The van der Waals surface area contributed by atoms with Gasteiger partial charge in [0.2, 0.25) is 0 Å². The van der Waals surface area contributed by atoms with Gasteiger partial charge in [-0.05, 0) is 25.0 Å². The molecule has 0 radical (unpaired) electrons. The van der Waals surface area contributed by atoms with Crippen molar-refractivity contribution >= 4 is 5.82 Å². The highest BCUT2D eigenvalue weighted by Crippen LogP contribution is 2.41. The maximum absolute atomic E-state index is 5.91. The van der Waals surface area contributed by atoms with Gasteiger partial charge in [-0.2, -0.15) is 0 Å². The van der Waals surface area contributed by atoms with Crippen molar-refractivity contribution in [2.75, 3.05) is 20.0 Å². The summed E-state index contributed by atoms with van der Waals surface area (Å²) < 4.78 is 10.8. The van der Waals surface area contributed by atoms with Gasteiger partial charge < -0.3 is 15.2 Å². The van der Waals surface area contributed by atoms with Crippen molar-refractivity contribution in [3.05, 3.63) is 30.1 Å². The molecule has 5 heteroatoms. The first kappa shape index (κ1) is 12.7. The zero-order valence-corrected chi connectivity index (χ0v) is 11.6. The van der Waals surface area contributed by atoms with Crippen LogP contribution in [-0.4, -0.2) is 24.2 Å². The lowest BCUT2D eigenvalue weighted by Crippen LogP contribution is -2.02. The molecule has 2 N–H and O–H groups in total. The Balaban J connectivity index is 2.17. The second kappa shape index (κ2) is 5.00. The standard InChI is InChI=1S/C15H17N3O2/c1-19-11-4-3-5-12(20-2)14(11)10-8-13(16)18-15(17-10)9-6-7-9/h3-5,8-9H,6-7H2,1-2H3,(H2,16,17,18). The summed E-state index contributed by atoms with van der Waals surface area (Å²) in [6.45, 7) is 0. The number of anilines is 1. The lowest BCUT2D eigenvalue weighted by molar-refractivity contribution is 0.397. The van der Waals surface area contributed by atoms with Gasteiger partial charge in [0.15, 0.2) is 0 Å². The predicted octanol–water partition coefficient (Wildman–Crippen LogP) is 2.62. The second-order valence-electron chi connectivity index (χ2n) is 4.85. The Morgan fingerprint density at radius 3 is 2.30 bits per heavy atom. The van der Waals surface area contributed by atoms with Gasteiger partial charge in [0.1, 0.15) is 23.1 Å². The van der Waals surface area contributed by atoms with Crippen molar-refractivity contribution in [2.24, 2.45) is 0 Å². The number of aromatic nitrogens is 2. The zero-order valence-electron chi connectivity index (χ0n) is 11.6. The summed E-state index contributed by atoms with van der Waals surface area (Å²) >= 11 is 0. The molecule has 1 aromatic carbocycles.